The number of amides is 2. The summed E-state index contributed by atoms with van der Waals surface area (Å²) in [6, 6.07) is -0.305. The van der Waals surface area contributed by atoms with Gasteiger partial charge in [0, 0.05) is 13.7 Å². The zero-order chi connectivity index (χ0) is 12.6. The van der Waals surface area contributed by atoms with Crippen molar-refractivity contribution in [1.82, 2.24) is 4.90 Å². The van der Waals surface area contributed by atoms with Gasteiger partial charge in [0.1, 0.15) is 0 Å². The molecule has 0 radical (unpaired) electrons. The van der Waals surface area contributed by atoms with Crippen LogP contribution in [0, 0.1) is 17.8 Å². The molecule has 2 aliphatic rings. The van der Waals surface area contributed by atoms with Crippen LogP contribution in [0.3, 0.4) is 0 Å². The summed E-state index contributed by atoms with van der Waals surface area (Å²) < 4.78 is 5.02. The molecule has 3 unspecified atom stereocenters. The Balaban J connectivity index is 2.16. The van der Waals surface area contributed by atoms with Crippen molar-refractivity contribution in [1.29, 1.82) is 0 Å². The van der Waals surface area contributed by atoms with Crippen LogP contribution in [0.4, 0.5) is 0 Å². The number of fused-ring (bicyclic) bond motifs is 1. The summed E-state index contributed by atoms with van der Waals surface area (Å²) in [5, 5.41) is 0. The van der Waals surface area contributed by atoms with E-state index < -0.39 is 0 Å². The predicted molar refractivity (Wildman–Crippen MR) is 61.9 cm³/mol. The number of carbonyl (C=O) groups is 2. The number of likely N-dealkylation sites (tertiary alicyclic amines) is 1. The number of nitrogens with two attached hydrogens (primary N) is 1. The first kappa shape index (κ1) is 12.5. The summed E-state index contributed by atoms with van der Waals surface area (Å²) >= 11 is 0. The van der Waals surface area contributed by atoms with Gasteiger partial charge in [-0.25, -0.2) is 0 Å². The van der Waals surface area contributed by atoms with Gasteiger partial charge in [-0.1, -0.05) is 6.92 Å². The first-order valence-corrected chi connectivity index (χ1v) is 6.16. The molecule has 5 nitrogen and oxygen atoms in total. The van der Waals surface area contributed by atoms with E-state index in [1.807, 2.05) is 0 Å². The molecule has 0 spiro atoms. The third kappa shape index (κ3) is 1.98. The monoisotopic (exact) mass is 240 g/mol. The van der Waals surface area contributed by atoms with Crippen LogP contribution in [0.1, 0.15) is 19.8 Å². The second kappa shape index (κ2) is 4.74. The average molecular weight is 240 g/mol. The molecule has 2 N–H and O–H groups in total. The Morgan fingerprint density at radius 2 is 1.88 bits per heavy atom. The van der Waals surface area contributed by atoms with Crippen molar-refractivity contribution in [3.05, 3.63) is 0 Å². The van der Waals surface area contributed by atoms with Gasteiger partial charge in [-0.05, 0) is 18.8 Å². The van der Waals surface area contributed by atoms with Gasteiger partial charge in [-0.2, -0.15) is 0 Å². The van der Waals surface area contributed by atoms with Crippen LogP contribution < -0.4 is 5.73 Å². The minimum atomic E-state index is -0.305. The number of imide groups is 1. The van der Waals surface area contributed by atoms with Crippen molar-refractivity contribution in [3.8, 4) is 0 Å². The minimum absolute atomic E-state index is 0.0446. The highest BCUT2D eigenvalue weighted by atomic mass is 16.5. The van der Waals surface area contributed by atoms with E-state index in [4.69, 9.17) is 10.5 Å². The second-order valence-corrected chi connectivity index (χ2v) is 5.18. The Labute approximate surface area is 101 Å². The number of hydrogen-bond donors (Lipinski definition) is 1. The number of carbonyl (C=O) groups excluding carboxylic acids is 2. The predicted octanol–water partition coefficient (Wildman–Crippen LogP) is -0.00880. The molecular formula is C12H20N2O3. The standard InChI is InChI=1S/C12H20N2O3/c1-7-3-9-10(4-7)12(16)14(11(9)15)8(5-13)6-17-2/h7-10H,3-6,13H2,1-2H3. The Morgan fingerprint density at radius 1 is 1.35 bits per heavy atom. The smallest absolute Gasteiger partial charge is 0.233 e. The summed E-state index contributed by atoms with van der Waals surface area (Å²) in [5.41, 5.74) is 5.61. The van der Waals surface area contributed by atoms with Crippen LogP contribution >= 0.6 is 0 Å². The quantitative estimate of drug-likeness (QED) is 0.702. The number of hydrogen-bond acceptors (Lipinski definition) is 4. The largest absolute Gasteiger partial charge is 0.382 e. The number of nitrogens with zero attached hydrogens (tertiary/aromatic N) is 1. The molecule has 0 aromatic carbocycles. The molecule has 0 bridgehead atoms. The van der Waals surface area contributed by atoms with E-state index in [0.717, 1.165) is 12.8 Å². The molecule has 1 aliphatic carbocycles. The van der Waals surface area contributed by atoms with Crippen molar-refractivity contribution in [2.24, 2.45) is 23.5 Å². The van der Waals surface area contributed by atoms with Crippen molar-refractivity contribution < 1.29 is 14.3 Å². The maximum atomic E-state index is 12.2. The Morgan fingerprint density at radius 3 is 2.29 bits per heavy atom. The maximum absolute atomic E-state index is 12.2. The van der Waals surface area contributed by atoms with Crippen molar-refractivity contribution in [2.75, 3.05) is 20.3 Å². The third-order valence-corrected chi connectivity index (χ3v) is 3.90. The molecule has 5 heteroatoms. The molecule has 17 heavy (non-hydrogen) atoms. The van der Waals surface area contributed by atoms with Crippen LogP contribution in [0.5, 0.6) is 0 Å². The van der Waals surface area contributed by atoms with Crippen molar-refractivity contribution >= 4 is 11.8 Å². The normalized spacial score (nSPS) is 34.3. The Hall–Kier alpha value is -0.940. The lowest BCUT2D eigenvalue weighted by Crippen LogP contribution is -2.47. The highest BCUT2D eigenvalue weighted by molar-refractivity contribution is 6.05. The van der Waals surface area contributed by atoms with Gasteiger partial charge in [-0.3, -0.25) is 14.5 Å². The molecule has 1 aliphatic heterocycles. The average Bonchev–Trinajstić information content (AvgIpc) is 2.78. The number of ether oxygens (including phenoxy) is 1. The molecule has 1 heterocycles. The molecule has 1 saturated carbocycles. The van der Waals surface area contributed by atoms with E-state index in [1.165, 1.54) is 4.90 Å². The number of methoxy groups -OCH3 is 1. The van der Waals surface area contributed by atoms with Gasteiger partial charge in [0.25, 0.3) is 0 Å². The maximum Gasteiger partial charge on any atom is 0.233 e. The first-order chi connectivity index (χ1) is 8.10. The zero-order valence-corrected chi connectivity index (χ0v) is 10.4. The van der Waals surface area contributed by atoms with Gasteiger partial charge >= 0.3 is 0 Å². The van der Waals surface area contributed by atoms with Crippen LogP contribution in [-0.2, 0) is 14.3 Å². The van der Waals surface area contributed by atoms with E-state index in [2.05, 4.69) is 6.92 Å². The minimum Gasteiger partial charge on any atom is -0.382 e. The third-order valence-electron chi connectivity index (χ3n) is 3.90. The molecule has 0 aromatic rings. The highest BCUT2D eigenvalue weighted by Gasteiger charge is 2.53. The van der Waals surface area contributed by atoms with E-state index >= 15 is 0 Å². The molecule has 2 rings (SSSR count). The van der Waals surface area contributed by atoms with Crippen LogP contribution in [0.15, 0.2) is 0 Å². The van der Waals surface area contributed by atoms with E-state index in [9.17, 15) is 9.59 Å². The lowest BCUT2D eigenvalue weighted by molar-refractivity contribution is -0.144. The van der Waals surface area contributed by atoms with Crippen molar-refractivity contribution in [2.45, 2.75) is 25.8 Å². The molecule has 0 aromatic heterocycles. The Bertz CT molecular complexity index is 308. The molecule has 96 valence electrons. The van der Waals surface area contributed by atoms with E-state index in [-0.39, 0.29) is 36.2 Å². The van der Waals surface area contributed by atoms with Crippen molar-refractivity contribution in [3.63, 3.8) is 0 Å². The van der Waals surface area contributed by atoms with Crippen LogP contribution in [-0.4, -0.2) is 43.0 Å². The lowest BCUT2D eigenvalue weighted by atomic mass is 10.00. The van der Waals surface area contributed by atoms with Crippen LogP contribution in [0.2, 0.25) is 0 Å². The molecule has 2 fully saturated rings. The summed E-state index contributed by atoms with van der Waals surface area (Å²) in [6.45, 7) is 2.68. The fraction of sp³-hybridized carbons (Fsp3) is 0.833. The molecular weight excluding hydrogens is 220 g/mol. The van der Waals surface area contributed by atoms with Gasteiger partial charge in [0.2, 0.25) is 11.8 Å². The number of rotatable bonds is 4. The Kier molecular flexibility index (Phi) is 3.49. The first-order valence-electron chi connectivity index (χ1n) is 6.16. The van der Waals surface area contributed by atoms with Gasteiger partial charge < -0.3 is 10.5 Å². The zero-order valence-electron chi connectivity index (χ0n) is 10.4. The molecule has 1 saturated heterocycles. The highest BCUT2D eigenvalue weighted by Crippen LogP contribution is 2.43. The molecule has 3 atom stereocenters. The summed E-state index contributed by atoms with van der Waals surface area (Å²) in [6.07, 6.45) is 1.66. The fourth-order valence-corrected chi connectivity index (χ4v) is 3.10. The van der Waals surface area contributed by atoms with Crippen LogP contribution in [0.25, 0.3) is 0 Å². The summed E-state index contributed by atoms with van der Waals surface area (Å²) in [7, 11) is 1.55. The van der Waals surface area contributed by atoms with Gasteiger partial charge in [0.15, 0.2) is 0 Å². The summed E-state index contributed by atoms with van der Waals surface area (Å²) in [4.78, 5) is 25.8. The SMILES string of the molecule is COCC(CN)N1C(=O)C2CC(C)CC2C1=O. The lowest BCUT2D eigenvalue weighted by Gasteiger charge is -2.25. The fourth-order valence-electron chi connectivity index (χ4n) is 3.10. The summed E-state index contributed by atoms with van der Waals surface area (Å²) in [5.74, 6) is 0.166. The van der Waals surface area contributed by atoms with E-state index in [0.29, 0.717) is 12.5 Å². The second-order valence-electron chi connectivity index (χ2n) is 5.18. The molecule has 2 amide bonds. The van der Waals surface area contributed by atoms with Gasteiger partial charge in [-0.15, -0.1) is 0 Å². The van der Waals surface area contributed by atoms with Gasteiger partial charge in [0.05, 0.1) is 24.5 Å². The topological polar surface area (TPSA) is 72.6 Å². The van der Waals surface area contributed by atoms with E-state index in [1.54, 1.807) is 7.11 Å².